The van der Waals surface area contributed by atoms with Crippen LogP contribution in [0.2, 0.25) is 0 Å². The number of anilines is 1. The summed E-state index contributed by atoms with van der Waals surface area (Å²) in [7, 11) is 2.99. The summed E-state index contributed by atoms with van der Waals surface area (Å²) in [5, 5.41) is 16.5. The molecule has 0 radical (unpaired) electrons. The number of benzene rings is 1. The lowest BCUT2D eigenvalue weighted by Gasteiger charge is -2.29. The van der Waals surface area contributed by atoms with Gasteiger partial charge in [-0.15, -0.1) is 0 Å². The zero-order valence-corrected chi connectivity index (χ0v) is 17.8. The van der Waals surface area contributed by atoms with Crippen LogP contribution in [0.15, 0.2) is 41.3 Å². The van der Waals surface area contributed by atoms with E-state index < -0.39 is 28.5 Å². The van der Waals surface area contributed by atoms with Gasteiger partial charge in [0.25, 0.3) is 11.2 Å². The Kier molecular flexibility index (Phi) is 6.76. The van der Waals surface area contributed by atoms with E-state index in [4.69, 9.17) is 9.47 Å². The van der Waals surface area contributed by atoms with Crippen LogP contribution in [-0.2, 0) is 16.1 Å². The molecule has 32 heavy (non-hydrogen) atoms. The van der Waals surface area contributed by atoms with Crippen LogP contribution >= 0.6 is 0 Å². The van der Waals surface area contributed by atoms with Gasteiger partial charge in [0.05, 0.1) is 25.3 Å². The third kappa shape index (κ3) is 4.88. The van der Waals surface area contributed by atoms with Crippen molar-refractivity contribution in [2.24, 2.45) is 0 Å². The van der Waals surface area contributed by atoms with E-state index in [1.807, 2.05) is 0 Å². The SMILES string of the molecule is COc1ccc(NC(=O)C2(NC(=O)Cn3cc([N+](=O)[O-])ccc3=O)CCCC2)cc1OC. The van der Waals surface area contributed by atoms with Gasteiger partial charge in [0, 0.05) is 23.9 Å². The fraction of sp³-hybridized carbons (Fsp3) is 0.381. The standard InChI is InChI=1S/C21H24N4O7/c1-31-16-7-5-14(11-17(16)32-2)22-20(28)21(9-3-4-10-21)23-18(26)13-24-12-15(25(29)30)6-8-19(24)27/h5-8,11-12H,3-4,9-10,13H2,1-2H3,(H,22,28)(H,23,26). The van der Waals surface area contributed by atoms with Gasteiger partial charge in [0.15, 0.2) is 11.5 Å². The fourth-order valence-corrected chi connectivity index (χ4v) is 3.76. The van der Waals surface area contributed by atoms with Crippen LogP contribution in [0.25, 0.3) is 0 Å². The van der Waals surface area contributed by atoms with Crippen molar-refractivity contribution in [3.63, 3.8) is 0 Å². The monoisotopic (exact) mass is 444 g/mol. The molecular weight excluding hydrogens is 420 g/mol. The molecule has 2 amide bonds. The molecular formula is C21H24N4O7. The number of rotatable bonds is 8. The molecule has 1 aromatic heterocycles. The second kappa shape index (κ2) is 9.50. The lowest BCUT2D eigenvalue weighted by Crippen LogP contribution is -2.56. The quantitative estimate of drug-likeness (QED) is 0.467. The number of nitrogens with one attached hydrogen (secondary N) is 2. The van der Waals surface area contributed by atoms with E-state index in [9.17, 15) is 24.5 Å². The van der Waals surface area contributed by atoms with Crippen LogP contribution in [0.5, 0.6) is 11.5 Å². The zero-order valence-electron chi connectivity index (χ0n) is 17.8. The Morgan fingerprint density at radius 3 is 2.44 bits per heavy atom. The van der Waals surface area contributed by atoms with Crippen LogP contribution in [0.4, 0.5) is 11.4 Å². The van der Waals surface area contributed by atoms with Gasteiger partial charge < -0.3 is 20.1 Å². The number of carbonyl (C=O) groups is 2. The summed E-state index contributed by atoms with van der Waals surface area (Å²) in [6, 6.07) is 7.03. The lowest BCUT2D eigenvalue weighted by molar-refractivity contribution is -0.385. The summed E-state index contributed by atoms with van der Waals surface area (Å²) in [5.41, 5.74) is -1.53. The van der Waals surface area contributed by atoms with Gasteiger partial charge in [-0.1, -0.05) is 12.8 Å². The van der Waals surface area contributed by atoms with E-state index in [0.717, 1.165) is 35.7 Å². The fourth-order valence-electron chi connectivity index (χ4n) is 3.76. The second-order valence-electron chi connectivity index (χ2n) is 7.47. The molecule has 1 aliphatic rings. The van der Waals surface area contributed by atoms with E-state index in [1.165, 1.54) is 14.2 Å². The largest absolute Gasteiger partial charge is 0.493 e. The average Bonchev–Trinajstić information content (AvgIpc) is 3.24. The Morgan fingerprint density at radius 2 is 1.81 bits per heavy atom. The van der Waals surface area contributed by atoms with Crippen molar-refractivity contribution in [3.8, 4) is 11.5 Å². The number of nitrogens with zero attached hydrogens (tertiary/aromatic N) is 2. The van der Waals surface area contributed by atoms with Crippen molar-refractivity contribution in [2.75, 3.05) is 19.5 Å². The molecule has 1 aliphatic carbocycles. The highest BCUT2D eigenvalue weighted by atomic mass is 16.6. The topological polar surface area (TPSA) is 142 Å². The van der Waals surface area contributed by atoms with Gasteiger partial charge in [0.1, 0.15) is 12.1 Å². The first kappa shape index (κ1) is 22.8. The minimum absolute atomic E-state index is 0.306. The Morgan fingerprint density at radius 1 is 1.12 bits per heavy atom. The number of amides is 2. The molecule has 2 N–H and O–H groups in total. The number of nitro groups is 1. The molecule has 0 atom stereocenters. The summed E-state index contributed by atoms with van der Waals surface area (Å²) < 4.78 is 11.4. The first-order valence-corrected chi connectivity index (χ1v) is 9.97. The minimum Gasteiger partial charge on any atom is -0.493 e. The number of carbonyl (C=O) groups excluding carboxylic acids is 2. The van der Waals surface area contributed by atoms with Crippen molar-refractivity contribution in [1.82, 2.24) is 9.88 Å². The van der Waals surface area contributed by atoms with Crippen LogP contribution < -0.4 is 25.7 Å². The summed E-state index contributed by atoms with van der Waals surface area (Å²) in [6.07, 6.45) is 3.36. The molecule has 2 aromatic rings. The Bertz CT molecular complexity index is 1090. The molecule has 1 saturated carbocycles. The molecule has 1 aromatic carbocycles. The van der Waals surface area contributed by atoms with Crippen molar-refractivity contribution in [2.45, 2.75) is 37.8 Å². The zero-order chi connectivity index (χ0) is 23.3. The smallest absolute Gasteiger partial charge is 0.285 e. The predicted molar refractivity (Wildman–Crippen MR) is 115 cm³/mol. The summed E-state index contributed by atoms with van der Waals surface area (Å²) in [6.45, 7) is -0.439. The first-order valence-electron chi connectivity index (χ1n) is 9.97. The van der Waals surface area contributed by atoms with E-state index >= 15 is 0 Å². The Balaban J connectivity index is 1.76. The predicted octanol–water partition coefficient (Wildman–Crippen LogP) is 1.84. The molecule has 0 saturated heterocycles. The number of methoxy groups -OCH3 is 2. The van der Waals surface area contributed by atoms with Crippen LogP contribution in [0.1, 0.15) is 25.7 Å². The highest BCUT2D eigenvalue weighted by Gasteiger charge is 2.42. The third-order valence-electron chi connectivity index (χ3n) is 5.40. The molecule has 1 fully saturated rings. The number of ether oxygens (including phenoxy) is 2. The van der Waals surface area contributed by atoms with E-state index in [2.05, 4.69) is 10.6 Å². The van der Waals surface area contributed by atoms with Gasteiger partial charge in [0.2, 0.25) is 11.8 Å². The van der Waals surface area contributed by atoms with Crippen LogP contribution in [0.3, 0.4) is 0 Å². The highest BCUT2D eigenvalue weighted by molar-refractivity contribution is 6.01. The van der Waals surface area contributed by atoms with Crippen molar-refractivity contribution < 1.29 is 24.0 Å². The second-order valence-corrected chi connectivity index (χ2v) is 7.47. The summed E-state index contributed by atoms with van der Waals surface area (Å²) >= 11 is 0. The first-order chi connectivity index (χ1) is 15.3. The maximum Gasteiger partial charge on any atom is 0.285 e. The number of aromatic nitrogens is 1. The van der Waals surface area contributed by atoms with Crippen molar-refractivity contribution >= 4 is 23.2 Å². The number of pyridine rings is 1. The average molecular weight is 444 g/mol. The lowest BCUT2D eigenvalue weighted by atomic mass is 9.96. The molecule has 11 heteroatoms. The maximum absolute atomic E-state index is 13.1. The van der Waals surface area contributed by atoms with Gasteiger partial charge in [-0.25, -0.2) is 0 Å². The Hall–Kier alpha value is -3.89. The third-order valence-corrected chi connectivity index (χ3v) is 5.40. The van der Waals surface area contributed by atoms with Gasteiger partial charge >= 0.3 is 0 Å². The molecule has 0 spiro atoms. The van der Waals surface area contributed by atoms with Gasteiger partial charge in [-0.3, -0.25) is 29.1 Å². The molecule has 0 unspecified atom stereocenters. The van der Waals surface area contributed by atoms with Crippen molar-refractivity contribution in [3.05, 3.63) is 57.0 Å². The normalized spacial score (nSPS) is 14.4. The molecule has 0 aliphatic heterocycles. The number of hydrogen-bond acceptors (Lipinski definition) is 7. The summed E-state index contributed by atoms with van der Waals surface area (Å²) in [5.74, 6) is -0.0180. The molecule has 0 bridgehead atoms. The summed E-state index contributed by atoms with van der Waals surface area (Å²) in [4.78, 5) is 48.1. The minimum atomic E-state index is -1.14. The van der Waals surface area contributed by atoms with E-state index in [1.54, 1.807) is 18.2 Å². The Labute approximate surface area is 183 Å². The maximum atomic E-state index is 13.1. The molecule has 1 heterocycles. The van der Waals surface area contributed by atoms with Crippen LogP contribution in [-0.4, -0.2) is 41.1 Å². The van der Waals surface area contributed by atoms with Gasteiger partial charge in [-0.2, -0.15) is 0 Å². The van der Waals surface area contributed by atoms with Gasteiger partial charge in [-0.05, 0) is 25.0 Å². The van der Waals surface area contributed by atoms with Crippen LogP contribution in [0, 0.1) is 10.1 Å². The number of hydrogen-bond donors (Lipinski definition) is 2. The molecule has 170 valence electrons. The molecule has 3 rings (SSSR count). The van der Waals surface area contributed by atoms with E-state index in [-0.39, 0.29) is 11.6 Å². The van der Waals surface area contributed by atoms with E-state index in [0.29, 0.717) is 30.0 Å². The molecule has 11 nitrogen and oxygen atoms in total. The highest BCUT2D eigenvalue weighted by Crippen LogP contribution is 2.33. The van der Waals surface area contributed by atoms with Crippen molar-refractivity contribution in [1.29, 1.82) is 0 Å².